The molecular formula is C13H11ClN2O2. The summed E-state index contributed by atoms with van der Waals surface area (Å²) in [5.74, 6) is -0.193. The number of aromatic nitrogens is 1. The summed E-state index contributed by atoms with van der Waals surface area (Å²) in [5, 5.41) is 12.2. The first-order valence-corrected chi connectivity index (χ1v) is 5.66. The van der Waals surface area contributed by atoms with Gasteiger partial charge in [-0.2, -0.15) is 0 Å². The Hall–Kier alpha value is -2.07. The molecule has 0 saturated carbocycles. The minimum atomic E-state index is -0.335. The number of pyridine rings is 1. The number of aromatic hydroxyl groups is 1. The van der Waals surface area contributed by atoms with Gasteiger partial charge in [0.05, 0.1) is 10.6 Å². The minimum Gasteiger partial charge on any atom is -0.508 e. The molecule has 18 heavy (non-hydrogen) atoms. The van der Waals surface area contributed by atoms with Crippen LogP contribution < -0.4 is 5.32 Å². The van der Waals surface area contributed by atoms with Gasteiger partial charge in [-0.05, 0) is 37.3 Å². The molecule has 2 N–H and O–H groups in total. The second-order valence-corrected chi connectivity index (χ2v) is 4.21. The van der Waals surface area contributed by atoms with E-state index in [-0.39, 0.29) is 11.7 Å². The summed E-state index contributed by atoms with van der Waals surface area (Å²) in [6, 6.07) is 7.81. The Balaban J connectivity index is 2.19. The van der Waals surface area contributed by atoms with Crippen molar-refractivity contribution in [2.24, 2.45) is 0 Å². The molecule has 1 amide bonds. The lowest BCUT2D eigenvalue weighted by molar-refractivity contribution is 0.102. The normalized spacial score (nSPS) is 10.1. The molecule has 0 aliphatic carbocycles. The predicted molar refractivity (Wildman–Crippen MR) is 70.0 cm³/mol. The van der Waals surface area contributed by atoms with Crippen LogP contribution in [0.3, 0.4) is 0 Å². The van der Waals surface area contributed by atoms with Crippen molar-refractivity contribution in [2.75, 3.05) is 5.32 Å². The van der Waals surface area contributed by atoms with Gasteiger partial charge >= 0.3 is 0 Å². The number of carbonyl (C=O) groups is 1. The van der Waals surface area contributed by atoms with E-state index in [0.29, 0.717) is 16.3 Å². The maximum Gasteiger partial charge on any atom is 0.258 e. The van der Waals surface area contributed by atoms with Gasteiger partial charge in [0.25, 0.3) is 5.91 Å². The fourth-order valence-electron chi connectivity index (χ4n) is 1.44. The van der Waals surface area contributed by atoms with E-state index >= 15 is 0 Å². The highest BCUT2D eigenvalue weighted by Crippen LogP contribution is 2.19. The van der Waals surface area contributed by atoms with Crippen molar-refractivity contribution >= 4 is 23.2 Å². The fourth-order valence-corrected chi connectivity index (χ4v) is 1.73. The summed E-state index contributed by atoms with van der Waals surface area (Å²) in [7, 11) is 0. The van der Waals surface area contributed by atoms with Crippen molar-refractivity contribution in [2.45, 2.75) is 6.92 Å². The Morgan fingerprint density at radius 1 is 1.33 bits per heavy atom. The molecule has 0 bridgehead atoms. The molecule has 0 aliphatic rings. The van der Waals surface area contributed by atoms with Gasteiger partial charge in [-0.15, -0.1) is 0 Å². The number of nitrogens with one attached hydrogen (secondary N) is 1. The van der Waals surface area contributed by atoms with Gasteiger partial charge in [0.2, 0.25) is 0 Å². The third-order valence-corrected chi connectivity index (χ3v) is 2.67. The lowest BCUT2D eigenvalue weighted by Gasteiger charge is -2.06. The van der Waals surface area contributed by atoms with Crippen LogP contribution in [0.1, 0.15) is 16.1 Å². The molecule has 0 atom stereocenters. The maximum absolute atomic E-state index is 11.9. The quantitative estimate of drug-likeness (QED) is 0.818. The van der Waals surface area contributed by atoms with E-state index in [1.165, 1.54) is 18.3 Å². The smallest absolute Gasteiger partial charge is 0.258 e. The number of hydrogen-bond donors (Lipinski definition) is 2. The van der Waals surface area contributed by atoms with E-state index < -0.39 is 0 Å². The Kier molecular flexibility index (Phi) is 3.48. The number of amides is 1. The van der Waals surface area contributed by atoms with Gasteiger partial charge in [-0.3, -0.25) is 9.78 Å². The molecule has 0 aliphatic heterocycles. The Morgan fingerprint density at radius 3 is 2.61 bits per heavy atom. The lowest BCUT2D eigenvalue weighted by atomic mass is 10.2. The molecule has 5 heteroatoms. The third-order valence-electron chi connectivity index (χ3n) is 2.36. The SMILES string of the molecule is Cc1cc(Cl)c(C(=O)Nc2ccc(O)cc2)cn1. The number of carbonyl (C=O) groups excluding carboxylic acids is 1. The summed E-state index contributed by atoms with van der Waals surface area (Å²) in [6.45, 7) is 1.80. The molecule has 0 fully saturated rings. The first kappa shape index (κ1) is 12.4. The number of anilines is 1. The third kappa shape index (κ3) is 2.78. The monoisotopic (exact) mass is 262 g/mol. The standard InChI is InChI=1S/C13H11ClN2O2/c1-8-6-12(14)11(7-15-8)13(18)16-9-2-4-10(17)5-3-9/h2-7,17H,1H3,(H,16,18). The molecule has 0 radical (unpaired) electrons. The molecule has 2 aromatic rings. The number of aryl methyl sites for hydroxylation is 1. The average Bonchev–Trinajstić information content (AvgIpc) is 2.32. The topological polar surface area (TPSA) is 62.2 Å². The molecule has 1 aromatic carbocycles. The maximum atomic E-state index is 11.9. The highest BCUT2D eigenvalue weighted by atomic mass is 35.5. The zero-order valence-corrected chi connectivity index (χ0v) is 10.4. The molecule has 1 heterocycles. The van der Waals surface area contributed by atoms with Gasteiger partial charge in [0.15, 0.2) is 0 Å². The highest BCUT2D eigenvalue weighted by molar-refractivity contribution is 6.34. The Bertz CT molecular complexity index is 582. The van der Waals surface area contributed by atoms with Crippen molar-refractivity contribution in [3.05, 3.63) is 52.8 Å². The van der Waals surface area contributed by atoms with E-state index in [9.17, 15) is 4.79 Å². The van der Waals surface area contributed by atoms with Crippen LogP contribution in [0, 0.1) is 6.92 Å². The van der Waals surface area contributed by atoms with Crippen LogP contribution in [0.15, 0.2) is 36.5 Å². The van der Waals surface area contributed by atoms with Crippen LogP contribution in [0.4, 0.5) is 5.69 Å². The van der Waals surface area contributed by atoms with Crippen LogP contribution in [0.2, 0.25) is 5.02 Å². The van der Waals surface area contributed by atoms with Gasteiger partial charge in [0, 0.05) is 17.6 Å². The van der Waals surface area contributed by atoms with Crippen molar-refractivity contribution in [1.29, 1.82) is 0 Å². The lowest BCUT2D eigenvalue weighted by Crippen LogP contribution is -2.12. The molecule has 4 nitrogen and oxygen atoms in total. The molecule has 2 rings (SSSR count). The largest absolute Gasteiger partial charge is 0.508 e. The number of halogens is 1. The zero-order chi connectivity index (χ0) is 13.1. The van der Waals surface area contributed by atoms with Crippen LogP contribution in [-0.2, 0) is 0 Å². The molecule has 0 spiro atoms. The fraction of sp³-hybridized carbons (Fsp3) is 0.0769. The van der Waals surface area contributed by atoms with Gasteiger partial charge in [-0.25, -0.2) is 0 Å². The van der Waals surface area contributed by atoms with Gasteiger partial charge < -0.3 is 10.4 Å². The van der Waals surface area contributed by atoms with Crippen LogP contribution in [0.5, 0.6) is 5.75 Å². The number of phenols is 1. The van der Waals surface area contributed by atoms with Crippen molar-refractivity contribution in [3.8, 4) is 5.75 Å². The second-order valence-electron chi connectivity index (χ2n) is 3.81. The Morgan fingerprint density at radius 2 is 2.00 bits per heavy atom. The van der Waals surface area contributed by atoms with Crippen molar-refractivity contribution in [3.63, 3.8) is 0 Å². The minimum absolute atomic E-state index is 0.142. The summed E-state index contributed by atoms with van der Waals surface area (Å²) < 4.78 is 0. The molecule has 1 aromatic heterocycles. The number of rotatable bonds is 2. The summed E-state index contributed by atoms with van der Waals surface area (Å²) in [5.41, 5.74) is 1.64. The van der Waals surface area contributed by atoms with E-state index in [2.05, 4.69) is 10.3 Å². The molecule has 92 valence electrons. The summed E-state index contributed by atoms with van der Waals surface area (Å²) >= 11 is 5.98. The van der Waals surface area contributed by atoms with Crippen LogP contribution >= 0.6 is 11.6 Å². The average molecular weight is 263 g/mol. The van der Waals surface area contributed by atoms with Crippen molar-refractivity contribution in [1.82, 2.24) is 4.98 Å². The van der Waals surface area contributed by atoms with Crippen LogP contribution in [-0.4, -0.2) is 16.0 Å². The summed E-state index contributed by atoms with van der Waals surface area (Å²) in [6.07, 6.45) is 1.44. The Labute approximate surface area is 109 Å². The molecular weight excluding hydrogens is 252 g/mol. The first-order valence-electron chi connectivity index (χ1n) is 5.29. The van der Waals surface area contributed by atoms with E-state index in [1.807, 2.05) is 0 Å². The number of nitrogens with zero attached hydrogens (tertiary/aromatic N) is 1. The van der Waals surface area contributed by atoms with Gasteiger partial charge in [-0.1, -0.05) is 11.6 Å². The summed E-state index contributed by atoms with van der Waals surface area (Å²) in [4.78, 5) is 16.0. The molecule has 0 saturated heterocycles. The van der Waals surface area contributed by atoms with Crippen molar-refractivity contribution < 1.29 is 9.90 Å². The van der Waals surface area contributed by atoms with Crippen LogP contribution in [0.25, 0.3) is 0 Å². The first-order chi connectivity index (χ1) is 8.56. The predicted octanol–water partition coefficient (Wildman–Crippen LogP) is 3.00. The highest BCUT2D eigenvalue weighted by Gasteiger charge is 2.11. The number of phenolic OH excluding ortho intramolecular Hbond substituents is 1. The molecule has 0 unspecified atom stereocenters. The zero-order valence-electron chi connectivity index (χ0n) is 9.64. The number of benzene rings is 1. The van der Waals surface area contributed by atoms with Gasteiger partial charge in [0.1, 0.15) is 5.75 Å². The van der Waals surface area contributed by atoms with E-state index in [0.717, 1.165) is 5.69 Å². The second kappa shape index (κ2) is 5.06. The number of hydrogen-bond acceptors (Lipinski definition) is 3. The van der Waals surface area contributed by atoms with E-state index in [1.54, 1.807) is 25.1 Å². The van der Waals surface area contributed by atoms with E-state index in [4.69, 9.17) is 16.7 Å².